The fourth-order valence-corrected chi connectivity index (χ4v) is 4.44. The molecular formula is C11H17N3O4S2. The molecule has 0 aliphatic carbocycles. The molecule has 2 N–H and O–H groups in total. The summed E-state index contributed by atoms with van der Waals surface area (Å²) < 4.78 is 48.9. The van der Waals surface area contributed by atoms with Gasteiger partial charge in [-0.25, -0.2) is 21.8 Å². The average molecular weight is 319 g/mol. The number of sulfone groups is 1. The van der Waals surface area contributed by atoms with Gasteiger partial charge in [0.1, 0.15) is 4.90 Å². The summed E-state index contributed by atoms with van der Waals surface area (Å²) in [7, 11) is -7.11. The predicted octanol–water partition coefficient (Wildman–Crippen LogP) is -0.403. The van der Waals surface area contributed by atoms with E-state index in [4.69, 9.17) is 5.73 Å². The third-order valence-electron chi connectivity index (χ3n) is 3.29. The lowest BCUT2D eigenvalue weighted by Crippen LogP contribution is -2.39. The smallest absolute Gasteiger partial charge is 0.244 e. The molecule has 112 valence electrons. The zero-order valence-corrected chi connectivity index (χ0v) is 12.7. The number of sulfonamides is 1. The second-order valence-electron chi connectivity index (χ2n) is 4.75. The van der Waals surface area contributed by atoms with Crippen molar-refractivity contribution in [1.29, 1.82) is 0 Å². The van der Waals surface area contributed by atoms with Crippen molar-refractivity contribution in [1.82, 2.24) is 9.29 Å². The van der Waals surface area contributed by atoms with Crippen molar-refractivity contribution in [3.05, 3.63) is 18.3 Å². The molecule has 1 unspecified atom stereocenters. The number of nitrogens with zero attached hydrogens (tertiary/aromatic N) is 2. The normalized spacial score (nSPS) is 21.2. The molecule has 1 saturated heterocycles. The SMILES string of the molecule is CS(=O)(=O)c1ccc(S(=O)(=O)N2CCCC2CN)cn1. The van der Waals surface area contributed by atoms with Gasteiger partial charge >= 0.3 is 0 Å². The number of pyridine rings is 1. The summed E-state index contributed by atoms with van der Waals surface area (Å²) in [5.41, 5.74) is 5.58. The minimum absolute atomic E-state index is 0.00903. The molecule has 2 rings (SSSR count). The van der Waals surface area contributed by atoms with E-state index in [1.807, 2.05) is 0 Å². The minimum Gasteiger partial charge on any atom is -0.329 e. The zero-order chi connectivity index (χ0) is 15.0. The van der Waals surface area contributed by atoms with Gasteiger partial charge in [0.2, 0.25) is 10.0 Å². The molecule has 7 nitrogen and oxygen atoms in total. The van der Waals surface area contributed by atoms with E-state index in [2.05, 4.69) is 4.98 Å². The van der Waals surface area contributed by atoms with E-state index in [9.17, 15) is 16.8 Å². The summed E-state index contributed by atoms with van der Waals surface area (Å²) in [5, 5.41) is -0.145. The van der Waals surface area contributed by atoms with Crippen LogP contribution >= 0.6 is 0 Å². The summed E-state index contributed by atoms with van der Waals surface area (Å²) in [6.45, 7) is 0.701. The van der Waals surface area contributed by atoms with Crippen LogP contribution in [0.1, 0.15) is 12.8 Å². The van der Waals surface area contributed by atoms with Crippen LogP contribution in [0.4, 0.5) is 0 Å². The Hall–Kier alpha value is -1.03. The summed E-state index contributed by atoms with van der Waals surface area (Å²) in [6.07, 6.45) is 3.62. The van der Waals surface area contributed by atoms with Crippen LogP contribution in [-0.2, 0) is 19.9 Å². The van der Waals surface area contributed by atoms with Gasteiger partial charge in [0.15, 0.2) is 14.9 Å². The maximum Gasteiger partial charge on any atom is 0.244 e. The first-order valence-corrected chi connectivity index (χ1v) is 9.48. The van der Waals surface area contributed by atoms with Crippen LogP contribution < -0.4 is 5.73 Å². The molecule has 1 aliphatic rings. The van der Waals surface area contributed by atoms with Crippen LogP contribution in [0.15, 0.2) is 28.3 Å². The van der Waals surface area contributed by atoms with Gasteiger partial charge in [-0.2, -0.15) is 4.31 Å². The monoisotopic (exact) mass is 319 g/mol. The molecular weight excluding hydrogens is 302 g/mol. The van der Waals surface area contributed by atoms with Gasteiger partial charge in [0.25, 0.3) is 0 Å². The number of hydrogen-bond donors (Lipinski definition) is 1. The summed E-state index contributed by atoms with van der Waals surface area (Å²) in [6, 6.07) is 2.27. The topological polar surface area (TPSA) is 110 Å². The Kier molecular flexibility index (Phi) is 4.14. The first kappa shape index (κ1) is 15.4. The lowest BCUT2D eigenvalue weighted by atomic mass is 10.2. The van der Waals surface area contributed by atoms with Crippen LogP contribution in [-0.4, -0.2) is 51.5 Å². The van der Waals surface area contributed by atoms with Gasteiger partial charge in [0, 0.05) is 31.6 Å². The van der Waals surface area contributed by atoms with Gasteiger partial charge in [-0.3, -0.25) is 0 Å². The average Bonchev–Trinajstić information content (AvgIpc) is 2.87. The fourth-order valence-electron chi connectivity index (χ4n) is 2.24. The summed E-state index contributed by atoms with van der Waals surface area (Å²) in [4.78, 5) is 3.70. The van der Waals surface area contributed by atoms with E-state index < -0.39 is 19.9 Å². The highest BCUT2D eigenvalue weighted by Crippen LogP contribution is 2.25. The van der Waals surface area contributed by atoms with Crippen LogP contribution in [0, 0.1) is 0 Å². The highest BCUT2D eigenvalue weighted by atomic mass is 32.2. The van der Waals surface area contributed by atoms with Crippen molar-refractivity contribution in [3.63, 3.8) is 0 Å². The molecule has 0 radical (unpaired) electrons. The Labute approximate surface area is 118 Å². The molecule has 1 aliphatic heterocycles. The Bertz CT molecular complexity index is 683. The Morgan fingerprint density at radius 3 is 2.55 bits per heavy atom. The van der Waals surface area contributed by atoms with Gasteiger partial charge in [-0.05, 0) is 25.0 Å². The summed E-state index contributed by atoms with van der Waals surface area (Å²) >= 11 is 0. The van der Waals surface area contributed by atoms with Gasteiger partial charge < -0.3 is 5.73 Å². The number of hydrogen-bond acceptors (Lipinski definition) is 6. The molecule has 0 aromatic carbocycles. The van der Waals surface area contributed by atoms with Gasteiger partial charge in [-0.15, -0.1) is 0 Å². The number of nitrogens with two attached hydrogens (primary N) is 1. The fraction of sp³-hybridized carbons (Fsp3) is 0.545. The molecule has 2 heterocycles. The van der Waals surface area contributed by atoms with Crippen LogP contribution in [0.25, 0.3) is 0 Å². The lowest BCUT2D eigenvalue weighted by molar-refractivity contribution is 0.393. The Balaban J connectivity index is 2.35. The largest absolute Gasteiger partial charge is 0.329 e. The second kappa shape index (κ2) is 5.40. The quantitative estimate of drug-likeness (QED) is 0.808. The lowest BCUT2D eigenvalue weighted by Gasteiger charge is -2.22. The van der Waals surface area contributed by atoms with Crippen molar-refractivity contribution in [2.75, 3.05) is 19.3 Å². The molecule has 0 amide bonds. The highest BCUT2D eigenvalue weighted by Gasteiger charge is 2.34. The van der Waals surface area contributed by atoms with E-state index in [0.717, 1.165) is 25.3 Å². The molecule has 1 atom stereocenters. The van der Waals surface area contributed by atoms with E-state index in [1.54, 1.807) is 0 Å². The molecule has 9 heteroatoms. The molecule has 1 fully saturated rings. The van der Waals surface area contributed by atoms with Gasteiger partial charge in [0.05, 0.1) is 0 Å². The Morgan fingerprint density at radius 2 is 2.05 bits per heavy atom. The maximum atomic E-state index is 12.4. The molecule has 0 saturated carbocycles. The van der Waals surface area contributed by atoms with Gasteiger partial charge in [-0.1, -0.05) is 0 Å². The molecule has 0 spiro atoms. The van der Waals surface area contributed by atoms with Crippen LogP contribution in [0.2, 0.25) is 0 Å². The standard InChI is InChI=1S/C11H17N3O4S2/c1-19(15,16)11-5-4-10(8-13-11)20(17,18)14-6-2-3-9(14)7-12/h4-5,8-9H,2-3,6-7,12H2,1H3. The van der Waals surface area contributed by atoms with Crippen molar-refractivity contribution < 1.29 is 16.8 Å². The molecule has 1 aromatic heterocycles. The molecule has 20 heavy (non-hydrogen) atoms. The highest BCUT2D eigenvalue weighted by molar-refractivity contribution is 7.90. The number of aromatic nitrogens is 1. The summed E-state index contributed by atoms with van der Waals surface area (Å²) in [5.74, 6) is 0. The van der Waals surface area contributed by atoms with Crippen molar-refractivity contribution >= 4 is 19.9 Å². The molecule has 0 bridgehead atoms. The van der Waals surface area contributed by atoms with Crippen LogP contribution in [0.3, 0.4) is 0 Å². The van der Waals surface area contributed by atoms with E-state index in [1.165, 1.54) is 16.4 Å². The van der Waals surface area contributed by atoms with Crippen LogP contribution in [0.5, 0.6) is 0 Å². The second-order valence-corrected chi connectivity index (χ2v) is 8.60. The maximum absolute atomic E-state index is 12.4. The zero-order valence-electron chi connectivity index (χ0n) is 11.1. The Morgan fingerprint density at radius 1 is 1.35 bits per heavy atom. The first-order chi connectivity index (χ1) is 9.26. The van der Waals surface area contributed by atoms with E-state index in [0.29, 0.717) is 6.54 Å². The van der Waals surface area contributed by atoms with Crippen molar-refractivity contribution in [3.8, 4) is 0 Å². The van der Waals surface area contributed by atoms with E-state index >= 15 is 0 Å². The third-order valence-corrected chi connectivity index (χ3v) is 6.23. The number of rotatable bonds is 4. The van der Waals surface area contributed by atoms with E-state index in [-0.39, 0.29) is 22.5 Å². The van der Waals surface area contributed by atoms with Crippen molar-refractivity contribution in [2.24, 2.45) is 5.73 Å². The molecule has 1 aromatic rings. The minimum atomic E-state index is -3.67. The first-order valence-electron chi connectivity index (χ1n) is 6.15. The predicted molar refractivity (Wildman–Crippen MR) is 73.3 cm³/mol. The van der Waals surface area contributed by atoms with Crippen molar-refractivity contribution in [2.45, 2.75) is 28.8 Å². The third kappa shape index (κ3) is 2.85.